The molecule has 1 amide bonds. The first-order chi connectivity index (χ1) is 13.2. The second-order valence-electron chi connectivity index (χ2n) is 7.30. The van der Waals surface area contributed by atoms with Crippen LogP contribution in [0.4, 0.5) is 0 Å². The number of thiophene rings is 1. The number of benzene rings is 1. The second kappa shape index (κ2) is 7.39. The molecule has 0 aliphatic heterocycles. The highest BCUT2D eigenvalue weighted by Crippen LogP contribution is 2.41. The number of aryl methyl sites for hydroxylation is 2. The Labute approximate surface area is 168 Å². The average Bonchev–Trinajstić information content (AvgIpc) is 2.96. The van der Waals surface area contributed by atoms with Gasteiger partial charge in [0.05, 0.1) is 12.5 Å². The quantitative estimate of drug-likeness (QED) is 0.704. The highest BCUT2D eigenvalue weighted by atomic mass is 32.1. The highest BCUT2D eigenvalue weighted by Gasteiger charge is 2.26. The molecule has 1 atom stereocenters. The zero-order chi connectivity index (χ0) is 20.7. The van der Waals surface area contributed by atoms with Crippen LogP contribution >= 0.6 is 11.3 Å². The van der Waals surface area contributed by atoms with Crippen molar-refractivity contribution >= 4 is 27.5 Å². The van der Waals surface area contributed by atoms with E-state index in [1.807, 2.05) is 45.9 Å². The van der Waals surface area contributed by atoms with Crippen molar-refractivity contribution in [3.8, 4) is 16.9 Å². The number of aromatic nitrogens is 2. The van der Waals surface area contributed by atoms with E-state index in [0.717, 1.165) is 21.6 Å². The number of methoxy groups -OCH3 is 1. The SMILES string of the molecule is COc1ccc(C)cc1-c1c(C)sc2nc(C(C)C)n(C(C)C(N)=O)c(=O)c12. The Bertz CT molecular complexity index is 1130. The van der Waals surface area contributed by atoms with Crippen molar-refractivity contribution < 1.29 is 9.53 Å². The van der Waals surface area contributed by atoms with E-state index in [1.165, 1.54) is 15.9 Å². The van der Waals surface area contributed by atoms with Gasteiger partial charge in [0.1, 0.15) is 22.4 Å². The summed E-state index contributed by atoms with van der Waals surface area (Å²) in [7, 11) is 1.61. The maximum atomic E-state index is 13.6. The lowest BCUT2D eigenvalue weighted by molar-refractivity contribution is -0.120. The third-order valence-corrected chi connectivity index (χ3v) is 5.90. The van der Waals surface area contributed by atoms with Gasteiger partial charge in [-0.25, -0.2) is 4.98 Å². The van der Waals surface area contributed by atoms with Gasteiger partial charge in [0.2, 0.25) is 5.91 Å². The van der Waals surface area contributed by atoms with Gasteiger partial charge < -0.3 is 10.5 Å². The number of fused-ring (bicyclic) bond motifs is 1. The van der Waals surface area contributed by atoms with Crippen molar-refractivity contribution in [3.63, 3.8) is 0 Å². The lowest BCUT2D eigenvalue weighted by atomic mass is 10.0. The summed E-state index contributed by atoms with van der Waals surface area (Å²) in [5.74, 6) is 0.660. The van der Waals surface area contributed by atoms with Gasteiger partial charge in [0.15, 0.2) is 0 Å². The predicted molar refractivity (Wildman–Crippen MR) is 113 cm³/mol. The number of ether oxygens (including phenoxy) is 1. The Morgan fingerprint density at radius 1 is 1.25 bits per heavy atom. The van der Waals surface area contributed by atoms with Crippen LogP contribution in [0.5, 0.6) is 5.75 Å². The van der Waals surface area contributed by atoms with Crippen molar-refractivity contribution in [2.24, 2.45) is 5.73 Å². The molecule has 0 bridgehead atoms. The summed E-state index contributed by atoms with van der Waals surface area (Å²) in [4.78, 5) is 31.9. The Hall–Kier alpha value is -2.67. The fraction of sp³-hybridized carbons (Fsp3) is 0.381. The van der Waals surface area contributed by atoms with Crippen LogP contribution in [0.3, 0.4) is 0 Å². The standard InChI is InChI=1S/C21H25N3O3S/c1-10(2)19-23-20-17(21(26)24(19)12(4)18(22)25)16(13(5)28-20)14-9-11(3)7-8-15(14)27-6/h7-10,12H,1-6H3,(H2,22,25). The summed E-state index contributed by atoms with van der Waals surface area (Å²) in [6.45, 7) is 9.50. The monoisotopic (exact) mass is 399 g/mol. The van der Waals surface area contributed by atoms with E-state index in [1.54, 1.807) is 14.0 Å². The highest BCUT2D eigenvalue weighted by molar-refractivity contribution is 7.19. The third-order valence-electron chi connectivity index (χ3n) is 4.90. The molecule has 0 aliphatic rings. The molecule has 0 radical (unpaired) electrons. The number of amides is 1. The van der Waals surface area contributed by atoms with Crippen LogP contribution in [-0.2, 0) is 4.79 Å². The summed E-state index contributed by atoms with van der Waals surface area (Å²) >= 11 is 1.48. The van der Waals surface area contributed by atoms with E-state index in [0.29, 0.717) is 21.8 Å². The van der Waals surface area contributed by atoms with Gasteiger partial charge in [-0.2, -0.15) is 0 Å². The molecule has 1 aromatic carbocycles. The summed E-state index contributed by atoms with van der Waals surface area (Å²) in [5, 5.41) is 0.504. The van der Waals surface area contributed by atoms with Crippen LogP contribution in [0.2, 0.25) is 0 Å². The van der Waals surface area contributed by atoms with Crippen LogP contribution in [0, 0.1) is 13.8 Å². The maximum absolute atomic E-state index is 13.6. The smallest absolute Gasteiger partial charge is 0.263 e. The number of nitrogens with zero attached hydrogens (tertiary/aromatic N) is 2. The van der Waals surface area contributed by atoms with Gasteiger partial charge in [-0.05, 0) is 32.9 Å². The molecule has 2 aromatic heterocycles. The van der Waals surface area contributed by atoms with Gasteiger partial charge in [0, 0.05) is 21.9 Å². The van der Waals surface area contributed by atoms with Gasteiger partial charge in [-0.1, -0.05) is 25.5 Å². The zero-order valence-corrected chi connectivity index (χ0v) is 17.8. The number of carbonyl (C=O) groups is 1. The van der Waals surface area contributed by atoms with Crippen molar-refractivity contribution in [2.45, 2.75) is 46.6 Å². The first kappa shape index (κ1) is 20.1. The van der Waals surface area contributed by atoms with Crippen LogP contribution in [-0.4, -0.2) is 22.6 Å². The minimum Gasteiger partial charge on any atom is -0.496 e. The van der Waals surface area contributed by atoms with Crippen molar-refractivity contribution in [1.82, 2.24) is 9.55 Å². The van der Waals surface area contributed by atoms with E-state index in [9.17, 15) is 9.59 Å². The number of hydrogen-bond donors (Lipinski definition) is 1. The van der Waals surface area contributed by atoms with Crippen LogP contribution in [0.1, 0.15) is 49.0 Å². The Morgan fingerprint density at radius 3 is 2.50 bits per heavy atom. The molecule has 0 fully saturated rings. The zero-order valence-electron chi connectivity index (χ0n) is 17.0. The van der Waals surface area contributed by atoms with E-state index in [4.69, 9.17) is 15.5 Å². The van der Waals surface area contributed by atoms with Crippen molar-refractivity contribution in [3.05, 3.63) is 44.8 Å². The molecule has 3 aromatic rings. The van der Waals surface area contributed by atoms with Gasteiger partial charge in [-0.3, -0.25) is 14.2 Å². The summed E-state index contributed by atoms with van der Waals surface area (Å²) in [6, 6.07) is 5.09. The first-order valence-corrected chi connectivity index (χ1v) is 9.98. The fourth-order valence-electron chi connectivity index (χ4n) is 3.44. The van der Waals surface area contributed by atoms with Crippen molar-refractivity contribution in [1.29, 1.82) is 0 Å². The number of carbonyl (C=O) groups excluding carboxylic acids is 1. The fourth-order valence-corrected chi connectivity index (χ4v) is 4.47. The van der Waals surface area contributed by atoms with E-state index in [2.05, 4.69) is 0 Å². The number of rotatable bonds is 5. The molecule has 28 heavy (non-hydrogen) atoms. The van der Waals surface area contributed by atoms with Gasteiger partial charge in [-0.15, -0.1) is 11.3 Å². The number of hydrogen-bond acceptors (Lipinski definition) is 5. The molecule has 1 unspecified atom stereocenters. The summed E-state index contributed by atoms with van der Waals surface area (Å²) < 4.78 is 6.98. The van der Waals surface area contributed by atoms with E-state index >= 15 is 0 Å². The first-order valence-electron chi connectivity index (χ1n) is 9.17. The van der Waals surface area contributed by atoms with E-state index in [-0.39, 0.29) is 11.5 Å². The molecule has 0 saturated carbocycles. The molecule has 2 N–H and O–H groups in total. The maximum Gasteiger partial charge on any atom is 0.263 e. The number of primary amides is 1. The predicted octanol–water partition coefficient (Wildman–Crippen LogP) is 3.92. The van der Waals surface area contributed by atoms with Crippen LogP contribution in [0.15, 0.2) is 23.0 Å². The van der Waals surface area contributed by atoms with Crippen LogP contribution in [0.25, 0.3) is 21.3 Å². The summed E-state index contributed by atoms with van der Waals surface area (Å²) in [6.07, 6.45) is 0. The molecule has 0 aliphatic carbocycles. The van der Waals surface area contributed by atoms with Crippen LogP contribution < -0.4 is 16.0 Å². The van der Waals surface area contributed by atoms with Gasteiger partial charge >= 0.3 is 0 Å². The Morgan fingerprint density at radius 2 is 1.93 bits per heavy atom. The minimum absolute atomic E-state index is 0.0294. The third kappa shape index (κ3) is 3.20. The van der Waals surface area contributed by atoms with Gasteiger partial charge in [0.25, 0.3) is 5.56 Å². The molecular weight excluding hydrogens is 374 g/mol. The molecule has 7 heteroatoms. The largest absolute Gasteiger partial charge is 0.496 e. The second-order valence-corrected chi connectivity index (χ2v) is 8.50. The molecule has 0 spiro atoms. The lowest BCUT2D eigenvalue weighted by Gasteiger charge is -2.19. The molecule has 0 saturated heterocycles. The number of nitrogens with two attached hydrogens (primary N) is 1. The van der Waals surface area contributed by atoms with Crippen molar-refractivity contribution in [2.75, 3.05) is 7.11 Å². The Balaban J connectivity index is 2.47. The Kier molecular flexibility index (Phi) is 5.30. The minimum atomic E-state index is -0.783. The molecule has 2 heterocycles. The lowest BCUT2D eigenvalue weighted by Crippen LogP contribution is -2.35. The topological polar surface area (TPSA) is 87.2 Å². The average molecular weight is 400 g/mol. The summed E-state index contributed by atoms with van der Waals surface area (Å²) in [5.41, 5.74) is 7.99. The molecular formula is C21H25N3O3S. The molecule has 3 rings (SSSR count). The van der Waals surface area contributed by atoms with E-state index < -0.39 is 11.9 Å². The molecule has 148 valence electrons. The molecule has 6 nitrogen and oxygen atoms in total. The normalized spacial score (nSPS) is 12.5.